The van der Waals surface area contributed by atoms with E-state index in [1.807, 2.05) is 6.07 Å². The van der Waals surface area contributed by atoms with Gasteiger partial charge in [-0.25, -0.2) is 0 Å². The lowest BCUT2D eigenvalue weighted by molar-refractivity contribution is -0.137. The summed E-state index contributed by atoms with van der Waals surface area (Å²) in [6, 6.07) is 15.1. The molecule has 0 spiro atoms. The Bertz CT molecular complexity index is 1100. The summed E-state index contributed by atoms with van der Waals surface area (Å²) in [6.07, 6.45) is 4.09. The summed E-state index contributed by atoms with van der Waals surface area (Å²) in [6.45, 7) is 0.895. The van der Waals surface area contributed by atoms with Crippen molar-refractivity contribution in [3.63, 3.8) is 0 Å². The van der Waals surface area contributed by atoms with Gasteiger partial charge in [0, 0.05) is 29.2 Å². The number of aromatic nitrogens is 1. The molecular formula is C26H27F3N2. The van der Waals surface area contributed by atoms with Gasteiger partial charge in [-0.1, -0.05) is 36.4 Å². The lowest BCUT2D eigenvalue weighted by Crippen LogP contribution is -2.33. The van der Waals surface area contributed by atoms with E-state index in [-0.39, 0.29) is 0 Å². The molecule has 2 N–H and O–H groups in total. The molecule has 2 aromatic carbocycles. The molecule has 2 aliphatic rings. The summed E-state index contributed by atoms with van der Waals surface area (Å²) in [5.41, 5.74) is 5.19. The van der Waals surface area contributed by atoms with Crippen LogP contribution in [-0.4, -0.2) is 17.6 Å². The van der Waals surface area contributed by atoms with Gasteiger partial charge >= 0.3 is 6.18 Å². The molecule has 2 heterocycles. The average Bonchev–Trinajstić information content (AvgIpc) is 3.15. The van der Waals surface area contributed by atoms with E-state index in [0.29, 0.717) is 12.0 Å². The zero-order valence-corrected chi connectivity index (χ0v) is 17.4. The topological polar surface area (TPSA) is 27.8 Å². The molecule has 1 aliphatic heterocycles. The van der Waals surface area contributed by atoms with Crippen LogP contribution in [0.4, 0.5) is 13.2 Å². The highest BCUT2D eigenvalue weighted by Crippen LogP contribution is 2.37. The highest BCUT2D eigenvalue weighted by Gasteiger charge is 2.32. The van der Waals surface area contributed by atoms with Gasteiger partial charge in [0.05, 0.1) is 5.56 Å². The normalized spacial score (nSPS) is 21.7. The minimum absolute atomic E-state index is 0.460. The van der Waals surface area contributed by atoms with Crippen LogP contribution in [0.15, 0.2) is 54.6 Å². The highest BCUT2D eigenvalue weighted by atomic mass is 19.4. The number of nitrogens with one attached hydrogen (secondary N) is 2. The van der Waals surface area contributed by atoms with E-state index in [0.717, 1.165) is 67.2 Å². The summed E-state index contributed by atoms with van der Waals surface area (Å²) in [5, 5.41) is 4.37. The molecule has 162 valence electrons. The second-order valence-corrected chi connectivity index (χ2v) is 8.93. The number of H-pyrrole nitrogens is 1. The summed E-state index contributed by atoms with van der Waals surface area (Å²) in [4.78, 5) is 3.36. The lowest BCUT2D eigenvalue weighted by Gasteiger charge is -2.28. The van der Waals surface area contributed by atoms with Gasteiger partial charge in [-0.05, 0) is 79.3 Å². The monoisotopic (exact) mass is 424 g/mol. The Kier molecular flexibility index (Phi) is 5.39. The fourth-order valence-corrected chi connectivity index (χ4v) is 5.21. The molecule has 2 nitrogen and oxygen atoms in total. The van der Waals surface area contributed by atoms with E-state index in [1.54, 1.807) is 6.07 Å². The predicted octanol–water partition coefficient (Wildman–Crippen LogP) is 6.52. The fourth-order valence-electron chi connectivity index (χ4n) is 5.21. The SMILES string of the molecule is FC(F)(F)c1ccc2[nH]c3c(c2c1)CC(CCC1CC(c2ccccc2)=CCN1)CC3. The van der Waals surface area contributed by atoms with Gasteiger partial charge in [0.2, 0.25) is 0 Å². The lowest BCUT2D eigenvalue weighted by atomic mass is 9.82. The third-order valence-electron chi connectivity index (χ3n) is 6.91. The number of rotatable bonds is 4. The van der Waals surface area contributed by atoms with Crippen LogP contribution in [0.25, 0.3) is 16.5 Å². The second-order valence-electron chi connectivity index (χ2n) is 8.93. The van der Waals surface area contributed by atoms with E-state index < -0.39 is 11.7 Å². The third kappa shape index (κ3) is 4.29. The minimum Gasteiger partial charge on any atom is -0.358 e. The van der Waals surface area contributed by atoms with Crippen LogP contribution < -0.4 is 5.32 Å². The van der Waals surface area contributed by atoms with Crippen molar-refractivity contribution in [3.8, 4) is 0 Å². The molecule has 2 unspecified atom stereocenters. The van der Waals surface area contributed by atoms with Crippen molar-refractivity contribution < 1.29 is 13.2 Å². The van der Waals surface area contributed by atoms with Crippen molar-refractivity contribution in [2.75, 3.05) is 6.54 Å². The number of aryl methyl sites for hydroxylation is 1. The molecule has 0 amide bonds. The van der Waals surface area contributed by atoms with Gasteiger partial charge in [0.15, 0.2) is 0 Å². The van der Waals surface area contributed by atoms with E-state index >= 15 is 0 Å². The number of fused-ring (bicyclic) bond motifs is 3. The van der Waals surface area contributed by atoms with Crippen molar-refractivity contribution in [1.29, 1.82) is 0 Å². The predicted molar refractivity (Wildman–Crippen MR) is 119 cm³/mol. The van der Waals surface area contributed by atoms with Crippen LogP contribution in [0.1, 0.15) is 48.1 Å². The summed E-state index contributed by atoms with van der Waals surface area (Å²) >= 11 is 0. The standard InChI is InChI=1S/C26H27F3N2/c27-26(28,29)20-8-11-25-23(16-20)22-14-17(7-10-24(22)31-25)6-9-21-15-19(12-13-30-21)18-4-2-1-3-5-18/h1-5,8,11-12,16-17,21,30-31H,6-7,9-10,13-15H2. The maximum Gasteiger partial charge on any atom is 0.416 e. The molecule has 1 aliphatic carbocycles. The second kappa shape index (κ2) is 8.19. The van der Waals surface area contributed by atoms with Gasteiger partial charge < -0.3 is 10.3 Å². The van der Waals surface area contributed by atoms with Gasteiger partial charge in [0.25, 0.3) is 0 Å². The van der Waals surface area contributed by atoms with E-state index in [1.165, 1.54) is 23.3 Å². The molecule has 31 heavy (non-hydrogen) atoms. The molecule has 0 fully saturated rings. The first-order valence-electron chi connectivity index (χ1n) is 11.2. The molecule has 0 bridgehead atoms. The summed E-state index contributed by atoms with van der Waals surface area (Å²) in [7, 11) is 0. The van der Waals surface area contributed by atoms with Crippen molar-refractivity contribution in [2.45, 2.75) is 50.7 Å². The number of benzene rings is 2. The molecule has 5 heteroatoms. The van der Waals surface area contributed by atoms with Crippen LogP contribution in [0.5, 0.6) is 0 Å². The Labute approximate surface area is 180 Å². The van der Waals surface area contributed by atoms with Gasteiger partial charge in [-0.15, -0.1) is 0 Å². The van der Waals surface area contributed by atoms with E-state index in [4.69, 9.17) is 0 Å². The molecule has 3 aromatic rings. The van der Waals surface area contributed by atoms with Crippen LogP contribution in [0, 0.1) is 5.92 Å². The number of aromatic amines is 1. The van der Waals surface area contributed by atoms with Crippen molar-refractivity contribution in [3.05, 3.63) is 77.0 Å². The minimum atomic E-state index is -4.30. The molecule has 1 aromatic heterocycles. The fraction of sp³-hybridized carbons (Fsp3) is 0.385. The zero-order valence-electron chi connectivity index (χ0n) is 17.4. The first kappa shape index (κ1) is 20.4. The Morgan fingerprint density at radius 3 is 2.61 bits per heavy atom. The van der Waals surface area contributed by atoms with Crippen LogP contribution >= 0.6 is 0 Å². The van der Waals surface area contributed by atoms with Crippen molar-refractivity contribution >= 4 is 16.5 Å². The molecule has 0 saturated carbocycles. The number of halogens is 3. The highest BCUT2D eigenvalue weighted by molar-refractivity contribution is 5.85. The quantitative estimate of drug-likeness (QED) is 0.490. The average molecular weight is 425 g/mol. The van der Waals surface area contributed by atoms with Gasteiger partial charge in [-0.3, -0.25) is 0 Å². The zero-order chi connectivity index (χ0) is 21.4. The Hall–Kier alpha value is -2.53. The molecule has 0 radical (unpaired) electrons. The first-order chi connectivity index (χ1) is 15.0. The molecular weight excluding hydrogens is 397 g/mol. The van der Waals surface area contributed by atoms with Gasteiger partial charge in [0.1, 0.15) is 0 Å². The van der Waals surface area contributed by atoms with E-state index in [2.05, 4.69) is 40.6 Å². The third-order valence-corrected chi connectivity index (χ3v) is 6.91. The number of hydrogen-bond donors (Lipinski definition) is 2. The molecule has 0 saturated heterocycles. The van der Waals surface area contributed by atoms with Gasteiger partial charge in [-0.2, -0.15) is 13.2 Å². The number of hydrogen-bond acceptors (Lipinski definition) is 1. The molecule has 5 rings (SSSR count). The first-order valence-corrected chi connectivity index (χ1v) is 11.2. The van der Waals surface area contributed by atoms with Crippen LogP contribution in [0.2, 0.25) is 0 Å². The summed E-state index contributed by atoms with van der Waals surface area (Å²) in [5.74, 6) is 0.522. The Balaban J connectivity index is 1.25. The maximum atomic E-state index is 13.2. The smallest absolute Gasteiger partial charge is 0.358 e. The van der Waals surface area contributed by atoms with Crippen molar-refractivity contribution in [1.82, 2.24) is 10.3 Å². The Morgan fingerprint density at radius 1 is 0.968 bits per heavy atom. The largest absolute Gasteiger partial charge is 0.416 e. The van der Waals surface area contributed by atoms with Crippen LogP contribution in [-0.2, 0) is 19.0 Å². The number of alkyl halides is 3. The Morgan fingerprint density at radius 2 is 1.81 bits per heavy atom. The summed E-state index contributed by atoms with van der Waals surface area (Å²) < 4.78 is 39.6. The van der Waals surface area contributed by atoms with E-state index in [9.17, 15) is 13.2 Å². The van der Waals surface area contributed by atoms with Crippen molar-refractivity contribution in [2.24, 2.45) is 5.92 Å². The molecule has 2 atom stereocenters. The maximum absolute atomic E-state index is 13.2. The van der Waals surface area contributed by atoms with Crippen LogP contribution in [0.3, 0.4) is 0 Å².